The van der Waals surface area contributed by atoms with Crippen LogP contribution in [0.3, 0.4) is 0 Å². The molecule has 0 saturated heterocycles. The number of nitrogens with one attached hydrogen (secondary N) is 1. The van der Waals surface area contributed by atoms with Crippen molar-refractivity contribution in [2.24, 2.45) is 0 Å². The number of amides is 1. The number of methoxy groups -OCH3 is 1. The molecule has 8 nitrogen and oxygen atoms in total. The van der Waals surface area contributed by atoms with E-state index in [9.17, 15) is 19.5 Å². The summed E-state index contributed by atoms with van der Waals surface area (Å²) in [5.74, 6) is -1.37. The van der Waals surface area contributed by atoms with Gasteiger partial charge in [-0.15, -0.1) is 0 Å². The monoisotopic (exact) mass is 339 g/mol. The highest BCUT2D eigenvalue weighted by molar-refractivity contribution is 5.81. The van der Waals surface area contributed by atoms with Gasteiger partial charge in [0.15, 0.2) is 12.6 Å². The van der Waals surface area contributed by atoms with Crippen molar-refractivity contribution in [1.82, 2.24) is 5.32 Å². The zero-order valence-corrected chi connectivity index (χ0v) is 13.6. The molecule has 2 N–H and O–H groups in total. The smallest absolute Gasteiger partial charge is 0.408 e. The minimum atomic E-state index is -1.24. The third-order valence-corrected chi connectivity index (χ3v) is 3.04. The molecule has 8 heteroatoms. The first-order valence-corrected chi connectivity index (χ1v) is 7.43. The maximum Gasteiger partial charge on any atom is 0.408 e. The third-order valence-electron chi connectivity index (χ3n) is 3.04. The van der Waals surface area contributed by atoms with Crippen LogP contribution >= 0.6 is 0 Å². The lowest BCUT2D eigenvalue weighted by molar-refractivity contribution is -0.143. The molecule has 0 aromatic heterocycles. The Bertz CT molecular complexity index is 556. The van der Waals surface area contributed by atoms with Gasteiger partial charge in [-0.1, -0.05) is 25.5 Å². The van der Waals surface area contributed by atoms with Gasteiger partial charge in [-0.05, 0) is 24.1 Å². The summed E-state index contributed by atoms with van der Waals surface area (Å²) >= 11 is 0. The van der Waals surface area contributed by atoms with Gasteiger partial charge < -0.3 is 24.6 Å². The first kappa shape index (κ1) is 19.3. The molecular formula is C16H21NO7. The molecule has 0 spiro atoms. The first-order valence-electron chi connectivity index (χ1n) is 7.43. The van der Waals surface area contributed by atoms with E-state index in [1.165, 1.54) is 31.4 Å². The molecule has 0 bridgehead atoms. The van der Waals surface area contributed by atoms with Crippen LogP contribution in [0.25, 0.3) is 0 Å². The first-order chi connectivity index (χ1) is 11.5. The number of rotatable bonds is 9. The Morgan fingerprint density at radius 1 is 1.21 bits per heavy atom. The third kappa shape index (κ3) is 6.55. The summed E-state index contributed by atoms with van der Waals surface area (Å²) in [7, 11) is 1.25. The van der Waals surface area contributed by atoms with Gasteiger partial charge in [0.1, 0.15) is 5.75 Å². The average Bonchev–Trinajstić information content (AvgIpc) is 2.58. The second-order valence-electron chi connectivity index (χ2n) is 4.84. The highest BCUT2D eigenvalue weighted by Gasteiger charge is 2.22. The summed E-state index contributed by atoms with van der Waals surface area (Å²) in [6.45, 7) is 1.93. The van der Waals surface area contributed by atoms with Gasteiger partial charge in [0.25, 0.3) is 0 Å². The summed E-state index contributed by atoms with van der Waals surface area (Å²) < 4.78 is 14.5. The number of alkyl carbamates (subject to hydrolysis) is 1. The molecule has 1 rings (SSSR count). The second kappa shape index (κ2) is 10.1. The van der Waals surface area contributed by atoms with E-state index in [1.807, 2.05) is 6.92 Å². The predicted octanol–water partition coefficient (Wildman–Crippen LogP) is 1.89. The number of carboxylic acids is 1. The Kier molecular flexibility index (Phi) is 8.10. The molecule has 132 valence electrons. The Labute approximate surface area is 139 Å². The van der Waals surface area contributed by atoms with Gasteiger partial charge in [-0.3, -0.25) is 0 Å². The SMILES string of the molecule is CCCCOC(=O)NC(C(=O)O)c1ccc(OCC(=O)OC)cc1. The van der Waals surface area contributed by atoms with Crippen molar-refractivity contribution >= 4 is 18.0 Å². The lowest BCUT2D eigenvalue weighted by Crippen LogP contribution is -2.34. The maximum atomic E-state index is 11.6. The van der Waals surface area contributed by atoms with Crippen LogP contribution in [0.15, 0.2) is 24.3 Å². The van der Waals surface area contributed by atoms with Crippen LogP contribution in [-0.2, 0) is 19.1 Å². The Morgan fingerprint density at radius 2 is 1.88 bits per heavy atom. The Balaban J connectivity index is 2.66. The Hall–Kier alpha value is -2.77. The molecule has 1 unspecified atom stereocenters. The predicted molar refractivity (Wildman–Crippen MR) is 83.7 cm³/mol. The lowest BCUT2D eigenvalue weighted by atomic mass is 10.1. The molecule has 24 heavy (non-hydrogen) atoms. The molecule has 0 aliphatic heterocycles. The summed E-state index contributed by atoms with van der Waals surface area (Å²) in [6, 6.07) is 4.72. The molecule has 0 radical (unpaired) electrons. The van der Waals surface area contributed by atoms with E-state index < -0.39 is 24.1 Å². The summed E-state index contributed by atoms with van der Waals surface area (Å²) in [4.78, 5) is 33.9. The van der Waals surface area contributed by atoms with Crippen LogP contribution in [0.2, 0.25) is 0 Å². The van der Waals surface area contributed by atoms with Crippen LogP contribution < -0.4 is 10.1 Å². The number of carbonyl (C=O) groups excluding carboxylic acids is 2. The van der Waals surface area contributed by atoms with Crippen LogP contribution in [0, 0.1) is 0 Å². The normalized spacial score (nSPS) is 11.2. The summed E-state index contributed by atoms with van der Waals surface area (Å²) in [5, 5.41) is 11.6. The number of hydrogen-bond acceptors (Lipinski definition) is 6. The number of unbranched alkanes of at least 4 members (excludes halogenated alkanes) is 1. The molecule has 0 saturated carbocycles. The topological polar surface area (TPSA) is 111 Å². The lowest BCUT2D eigenvalue weighted by Gasteiger charge is -2.15. The van der Waals surface area contributed by atoms with Crippen molar-refractivity contribution in [3.63, 3.8) is 0 Å². The van der Waals surface area contributed by atoms with Crippen LogP contribution in [0.4, 0.5) is 4.79 Å². The quantitative estimate of drug-likeness (QED) is 0.522. The number of aliphatic carboxylic acids is 1. The average molecular weight is 339 g/mol. The molecular weight excluding hydrogens is 318 g/mol. The number of ether oxygens (including phenoxy) is 3. The molecule has 0 fully saturated rings. The zero-order chi connectivity index (χ0) is 17.9. The fourth-order valence-corrected chi connectivity index (χ4v) is 1.71. The zero-order valence-electron chi connectivity index (χ0n) is 13.6. The number of carboxylic acid groups (broad SMARTS) is 1. The van der Waals surface area contributed by atoms with Crippen molar-refractivity contribution in [1.29, 1.82) is 0 Å². The van der Waals surface area contributed by atoms with E-state index in [0.717, 1.165) is 6.42 Å². The van der Waals surface area contributed by atoms with Gasteiger partial charge in [0.2, 0.25) is 0 Å². The van der Waals surface area contributed by atoms with E-state index >= 15 is 0 Å². The fraction of sp³-hybridized carbons (Fsp3) is 0.438. The minimum Gasteiger partial charge on any atom is -0.482 e. The molecule has 0 aliphatic rings. The second-order valence-corrected chi connectivity index (χ2v) is 4.84. The molecule has 0 heterocycles. The van der Waals surface area contributed by atoms with E-state index in [-0.39, 0.29) is 13.2 Å². The summed E-state index contributed by atoms with van der Waals surface area (Å²) in [5.41, 5.74) is 0.348. The number of carbonyl (C=O) groups is 3. The highest BCUT2D eigenvalue weighted by Crippen LogP contribution is 2.18. The van der Waals surface area contributed by atoms with E-state index in [4.69, 9.17) is 9.47 Å². The van der Waals surface area contributed by atoms with Crippen molar-refractivity contribution in [2.75, 3.05) is 20.3 Å². The van der Waals surface area contributed by atoms with Crippen molar-refractivity contribution < 1.29 is 33.7 Å². The van der Waals surface area contributed by atoms with E-state index in [1.54, 1.807) is 0 Å². The largest absolute Gasteiger partial charge is 0.482 e. The molecule has 1 atom stereocenters. The standard InChI is InChI=1S/C16H21NO7/c1-3-4-9-23-16(21)17-14(15(19)20)11-5-7-12(8-6-11)24-10-13(18)22-2/h5-8,14H,3-4,9-10H2,1-2H3,(H,17,21)(H,19,20). The van der Waals surface area contributed by atoms with Gasteiger partial charge in [0.05, 0.1) is 13.7 Å². The summed E-state index contributed by atoms with van der Waals surface area (Å²) in [6.07, 6.45) is 0.780. The van der Waals surface area contributed by atoms with Gasteiger partial charge in [-0.2, -0.15) is 0 Å². The maximum absolute atomic E-state index is 11.6. The van der Waals surface area contributed by atoms with Gasteiger partial charge in [-0.25, -0.2) is 14.4 Å². The number of benzene rings is 1. The van der Waals surface area contributed by atoms with E-state index in [0.29, 0.717) is 17.7 Å². The molecule has 1 amide bonds. The van der Waals surface area contributed by atoms with Crippen LogP contribution in [-0.4, -0.2) is 43.5 Å². The highest BCUT2D eigenvalue weighted by atomic mass is 16.6. The molecule has 0 aliphatic carbocycles. The Morgan fingerprint density at radius 3 is 2.42 bits per heavy atom. The van der Waals surface area contributed by atoms with E-state index in [2.05, 4.69) is 10.1 Å². The van der Waals surface area contributed by atoms with Crippen molar-refractivity contribution in [2.45, 2.75) is 25.8 Å². The number of esters is 1. The van der Waals surface area contributed by atoms with Crippen molar-refractivity contribution in [3.8, 4) is 5.75 Å². The van der Waals surface area contributed by atoms with Crippen LogP contribution in [0.5, 0.6) is 5.75 Å². The van der Waals surface area contributed by atoms with Crippen molar-refractivity contribution in [3.05, 3.63) is 29.8 Å². The van der Waals surface area contributed by atoms with Gasteiger partial charge >= 0.3 is 18.0 Å². The number of hydrogen-bond donors (Lipinski definition) is 2. The molecule has 1 aromatic rings. The molecule has 1 aromatic carbocycles. The van der Waals surface area contributed by atoms with Crippen LogP contribution in [0.1, 0.15) is 31.4 Å². The van der Waals surface area contributed by atoms with Gasteiger partial charge in [0, 0.05) is 0 Å². The fourth-order valence-electron chi connectivity index (χ4n) is 1.71. The minimum absolute atomic E-state index is 0.231.